The first-order valence-electron chi connectivity index (χ1n) is 4.08. The van der Waals surface area contributed by atoms with Crippen LogP contribution >= 0.6 is 23.5 Å². The number of nitrogens with zero attached hydrogens (tertiary/aromatic N) is 2. The minimum atomic E-state index is 0.482. The molecule has 1 aliphatic rings. The molecule has 0 bridgehead atoms. The Bertz CT molecular complexity index is 178. The van der Waals surface area contributed by atoms with Crippen LogP contribution in [-0.2, 0) is 0 Å². The molecule has 68 valence electrons. The second-order valence-electron chi connectivity index (χ2n) is 2.87. The molecule has 0 aliphatic carbocycles. The Morgan fingerprint density at radius 2 is 1.75 bits per heavy atom. The summed E-state index contributed by atoms with van der Waals surface area (Å²) in [5.41, 5.74) is 0. The van der Waals surface area contributed by atoms with Crippen LogP contribution in [0.1, 0.15) is 20.8 Å². The smallest absolute Gasteiger partial charge is 0.0883 e. The molecule has 1 heterocycles. The SMILES string of the molecule is CC1SC(C)N(CC#N)C(C)S1. The molecule has 1 saturated heterocycles. The Kier molecular flexibility index (Phi) is 3.76. The monoisotopic (exact) mass is 202 g/mol. The van der Waals surface area contributed by atoms with E-state index in [1.807, 2.05) is 23.5 Å². The van der Waals surface area contributed by atoms with E-state index in [0.29, 0.717) is 21.9 Å². The second-order valence-corrected chi connectivity index (χ2v) is 6.49. The van der Waals surface area contributed by atoms with Gasteiger partial charge in [-0.15, -0.1) is 23.5 Å². The lowest BCUT2D eigenvalue weighted by molar-refractivity contribution is 0.288. The molecule has 12 heavy (non-hydrogen) atoms. The van der Waals surface area contributed by atoms with Gasteiger partial charge in [-0.1, -0.05) is 0 Å². The molecule has 0 aromatic rings. The molecule has 0 saturated carbocycles. The first-order valence-corrected chi connectivity index (χ1v) is 5.97. The van der Waals surface area contributed by atoms with Gasteiger partial charge in [0.15, 0.2) is 0 Å². The standard InChI is InChI=1S/C8H14N2S2/c1-6-10(5-4-9)7(2)12-8(3)11-6/h6-8H,5H2,1-3H3. The lowest BCUT2D eigenvalue weighted by atomic mass is 10.5. The normalized spacial score (nSPS) is 37.7. The van der Waals surface area contributed by atoms with Gasteiger partial charge in [0.25, 0.3) is 0 Å². The molecule has 2 atom stereocenters. The van der Waals surface area contributed by atoms with Crippen molar-refractivity contribution in [2.75, 3.05) is 6.54 Å². The van der Waals surface area contributed by atoms with Crippen LogP contribution < -0.4 is 0 Å². The molecule has 0 N–H and O–H groups in total. The topological polar surface area (TPSA) is 27.0 Å². The van der Waals surface area contributed by atoms with Crippen LogP contribution in [0, 0.1) is 11.3 Å². The van der Waals surface area contributed by atoms with Crippen molar-refractivity contribution in [2.24, 2.45) is 0 Å². The van der Waals surface area contributed by atoms with E-state index < -0.39 is 0 Å². The zero-order valence-corrected chi connectivity index (χ0v) is 9.28. The average Bonchev–Trinajstić information content (AvgIpc) is 1.96. The van der Waals surface area contributed by atoms with E-state index >= 15 is 0 Å². The third kappa shape index (κ3) is 2.32. The van der Waals surface area contributed by atoms with Crippen LogP contribution in [0.5, 0.6) is 0 Å². The van der Waals surface area contributed by atoms with Crippen molar-refractivity contribution in [3.63, 3.8) is 0 Å². The molecule has 1 fully saturated rings. The summed E-state index contributed by atoms with van der Waals surface area (Å²) < 4.78 is 0.657. The van der Waals surface area contributed by atoms with Crippen molar-refractivity contribution in [3.8, 4) is 6.07 Å². The van der Waals surface area contributed by atoms with E-state index in [-0.39, 0.29) is 0 Å². The second kappa shape index (κ2) is 4.40. The van der Waals surface area contributed by atoms with Gasteiger partial charge in [-0.3, -0.25) is 4.90 Å². The summed E-state index contributed by atoms with van der Waals surface area (Å²) in [5, 5.41) is 9.57. The number of hydrogen-bond acceptors (Lipinski definition) is 4. The zero-order chi connectivity index (χ0) is 9.14. The van der Waals surface area contributed by atoms with Crippen molar-refractivity contribution in [2.45, 2.75) is 36.1 Å². The lowest BCUT2D eigenvalue weighted by Gasteiger charge is -2.39. The first-order chi connectivity index (χ1) is 5.65. The largest absolute Gasteiger partial charge is 0.267 e. The summed E-state index contributed by atoms with van der Waals surface area (Å²) in [6.45, 7) is 7.13. The highest BCUT2D eigenvalue weighted by Gasteiger charge is 2.29. The van der Waals surface area contributed by atoms with Crippen LogP contribution in [0.15, 0.2) is 0 Å². The maximum absolute atomic E-state index is 8.61. The van der Waals surface area contributed by atoms with Gasteiger partial charge >= 0.3 is 0 Å². The number of nitriles is 1. The van der Waals surface area contributed by atoms with Gasteiger partial charge in [0, 0.05) is 0 Å². The molecular weight excluding hydrogens is 188 g/mol. The Morgan fingerprint density at radius 3 is 2.17 bits per heavy atom. The number of hydrogen-bond donors (Lipinski definition) is 0. The van der Waals surface area contributed by atoms with E-state index in [4.69, 9.17) is 5.26 Å². The van der Waals surface area contributed by atoms with Crippen molar-refractivity contribution in [3.05, 3.63) is 0 Å². The minimum absolute atomic E-state index is 0.482. The van der Waals surface area contributed by atoms with Gasteiger partial charge in [-0.2, -0.15) is 5.26 Å². The van der Waals surface area contributed by atoms with Gasteiger partial charge in [0.1, 0.15) is 0 Å². The predicted octanol–water partition coefficient (Wildman–Crippen LogP) is 2.33. The Labute approximate surface area is 82.7 Å². The maximum Gasteiger partial charge on any atom is 0.0883 e. The van der Waals surface area contributed by atoms with Gasteiger partial charge in [0.2, 0.25) is 0 Å². The summed E-state index contributed by atoms with van der Waals surface area (Å²) >= 11 is 3.86. The summed E-state index contributed by atoms with van der Waals surface area (Å²) in [7, 11) is 0. The molecule has 0 amide bonds. The van der Waals surface area contributed by atoms with Gasteiger partial charge < -0.3 is 0 Å². The minimum Gasteiger partial charge on any atom is -0.267 e. The molecule has 0 spiro atoms. The Balaban J connectivity index is 2.55. The van der Waals surface area contributed by atoms with Gasteiger partial charge in [-0.05, 0) is 20.8 Å². The van der Waals surface area contributed by atoms with Crippen LogP contribution in [0.2, 0.25) is 0 Å². The highest BCUT2D eigenvalue weighted by Crippen LogP contribution is 2.39. The van der Waals surface area contributed by atoms with Crippen molar-refractivity contribution in [1.82, 2.24) is 4.90 Å². The van der Waals surface area contributed by atoms with Gasteiger partial charge in [-0.25, -0.2) is 0 Å². The summed E-state index contributed by atoms with van der Waals surface area (Å²) in [6.07, 6.45) is 0. The summed E-state index contributed by atoms with van der Waals surface area (Å²) in [6, 6.07) is 2.21. The van der Waals surface area contributed by atoms with Crippen molar-refractivity contribution >= 4 is 23.5 Å². The molecule has 4 heteroatoms. The van der Waals surface area contributed by atoms with Crippen molar-refractivity contribution < 1.29 is 0 Å². The van der Waals surface area contributed by atoms with Crippen LogP contribution in [-0.4, -0.2) is 26.8 Å². The molecule has 0 aromatic heterocycles. The molecule has 0 radical (unpaired) electrons. The van der Waals surface area contributed by atoms with Crippen LogP contribution in [0.3, 0.4) is 0 Å². The Morgan fingerprint density at radius 1 is 1.25 bits per heavy atom. The van der Waals surface area contributed by atoms with Crippen molar-refractivity contribution in [1.29, 1.82) is 5.26 Å². The average molecular weight is 202 g/mol. The van der Waals surface area contributed by atoms with Gasteiger partial charge in [0.05, 0.1) is 27.9 Å². The molecule has 1 rings (SSSR count). The molecule has 2 nitrogen and oxygen atoms in total. The predicted molar refractivity (Wildman–Crippen MR) is 55.9 cm³/mol. The van der Waals surface area contributed by atoms with Crippen LogP contribution in [0.25, 0.3) is 0 Å². The summed E-state index contributed by atoms with van der Waals surface area (Å²) in [4.78, 5) is 2.23. The maximum atomic E-state index is 8.61. The number of rotatable bonds is 1. The first kappa shape index (κ1) is 10.2. The van der Waals surface area contributed by atoms with E-state index in [9.17, 15) is 0 Å². The quantitative estimate of drug-likeness (QED) is 0.610. The van der Waals surface area contributed by atoms with E-state index in [0.717, 1.165) is 0 Å². The molecule has 1 aliphatic heterocycles. The van der Waals surface area contributed by atoms with E-state index in [1.165, 1.54) is 0 Å². The Hall–Kier alpha value is 0.150. The molecular formula is C8H14N2S2. The third-order valence-corrected chi connectivity index (χ3v) is 4.73. The van der Waals surface area contributed by atoms with E-state index in [1.54, 1.807) is 0 Å². The van der Waals surface area contributed by atoms with E-state index in [2.05, 4.69) is 31.7 Å². The highest BCUT2D eigenvalue weighted by molar-refractivity contribution is 8.18. The zero-order valence-electron chi connectivity index (χ0n) is 7.65. The lowest BCUT2D eigenvalue weighted by Crippen LogP contribution is -2.41. The number of thioether (sulfide) groups is 2. The van der Waals surface area contributed by atoms with Crippen LogP contribution in [0.4, 0.5) is 0 Å². The fourth-order valence-electron chi connectivity index (χ4n) is 1.38. The molecule has 2 unspecified atom stereocenters. The fraction of sp³-hybridized carbons (Fsp3) is 0.875. The highest BCUT2D eigenvalue weighted by atomic mass is 32.2. The summed E-state index contributed by atoms with van der Waals surface area (Å²) in [5.74, 6) is 0. The fourth-order valence-corrected chi connectivity index (χ4v) is 4.61. The molecule has 0 aromatic carbocycles. The third-order valence-electron chi connectivity index (χ3n) is 1.96.